The van der Waals surface area contributed by atoms with Gasteiger partial charge in [-0.15, -0.1) is 0 Å². The van der Waals surface area contributed by atoms with Gasteiger partial charge in [-0.1, -0.05) is 6.92 Å². The summed E-state index contributed by atoms with van der Waals surface area (Å²) in [5.74, 6) is 0.0668. The summed E-state index contributed by atoms with van der Waals surface area (Å²) in [5, 5.41) is 12.1. The summed E-state index contributed by atoms with van der Waals surface area (Å²) < 4.78 is 30.4. The van der Waals surface area contributed by atoms with Gasteiger partial charge >= 0.3 is 0 Å². The lowest BCUT2D eigenvalue weighted by molar-refractivity contribution is 0.0109. The molecule has 1 unspecified atom stereocenters. The Bertz CT molecular complexity index is 294. The summed E-state index contributed by atoms with van der Waals surface area (Å²) in [5.41, 5.74) is 0. The SMILES string of the molecule is CCNCCS(=O)(=O)N1CCOCC1CO. The Morgan fingerprint density at radius 3 is 2.94 bits per heavy atom. The first-order valence-corrected chi connectivity index (χ1v) is 7.11. The van der Waals surface area contributed by atoms with Crippen LogP contribution in [0.4, 0.5) is 0 Å². The third kappa shape index (κ3) is 3.67. The molecule has 0 radical (unpaired) electrons. The molecule has 1 aliphatic rings. The van der Waals surface area contributed by atoms with Crippen molar-refractivity contribution in [1.82, 2.24) is 9.62 Å². The second-order valence-corrected chi connectivity index (χ2v) is 5.73. The molecule has 1 heterocycles. The van der Waals surface area contributed by atoms with E-state index in [0.717, 1.165) is 6.54 Å². The van der Waals surface area contributed by atoms with E-state index in [1.165, 1.54) is 4.31 Å². The van der Waals surface area contributed by atoms with E-state index < -0.39 is 16.1 Å². The van der Waals surface area contributed by atoms with Gasteiger partial charge in [0.2, 0.25) is 10.0 Å². The monoisotopic (exact) mass is 252 g/mol. The highest BCUT2D eigenvalue weighted by Gasteiger charge is 2.31. The maximum Gasteiger partial charge on any atom is 0.215 e. The molecule has 1 saturated heterocycles. The zero-order valence-corrected chi connectivity index (χ0v) is 10.4. The summed E-state index contributed by atoms with van der Waals surface area (Å²) in [6, 6.07) is -0.430. The molecule has 16 heavy (non-hydrogen) atoms. The Hall–Kier alpha value is -0.210. The van der Waals surface area contributed by atoms with Gasteiger partial charge in [0.25, 0.3) is 0 Å². The van der Waals surface area contributed by atoms with Gasteiger partial charge < -0.3 is 15.2 Å². The highest BCUT2D eigenvalue weighted by atomic mass is 32.2. The van der Waals surface area contributed by atoms with Crippen LogP contribution in [0.15, 0.2) is 0 Å². The van der Waals surface area contributed by atoms with Crippen molar-refractivity contribution in [3.8, 4) is 0 Å². The maximum absolute atomic E-state index is 11.9. The average molecular weight is 252 g/mol. The van der Waals surface area contributed by atoms with E-state index in [4.69, 9.17) is 9.84 Å². The normalized spacial score (nSPS) is 23.5. The molecule has 0 amide bonds. The maximum atomic E-state index is 11.9. The topological polar surface area (TPSA) is 78.9 Å². The van der Waals surface area contributed by atoms with Crippen molar-refractivity contribution >= 4 is 10.0 Å². The first-order valence-electron chi connectivity index (χ1n) is 5.50. The van der Waals surface area contributed by atoms with Crippen molar-refractivity contribution in [2.24, 2.45) is 0 Å². The van der Waals surface area contributed by atoms with Gasteiger partial charge in [-0.2, -0.15) is 4.31 Å². The summed E-state index contributed by atoms with van der Waals surface area (Å²) in [6.07, 6.45) is 0. The van der Waals surface area contributed by atoms with Crippen LogP contribution in [0.1, 0.15) is 6.92 Å². The molecule has 1 atom stereocenters. The number of hydrogen-bond acceptors (Lipinski definition) is 5. The van der Waals surface area contributed by atoms with Crippen molar-refractivity contribution in [3.05, 3.63) is 0 Å². The lowest BCUT2D eigenvalue weighted by Gasteiger charge is -2.33. The Labute approximate surface area is 96.6 Å². The number of morpholine rings is 1. The van der Waals surface area contributed by atoms with Crippen LogP contribution in [0.3, 0.4) is 0 Å². The van der Waals surface area contributed by atoms with E-state index >= 15 is 0 Å². The van der Waals surface area contributed by atoms with Crippen LogP contribution >= 0.6 is 0 Å². The minimum absolute atomic E-state index is 0.0668. The minimum atomic E-state index is -3.29. The molecular formula is C9H20N2O4S. The van der Waals surface area contributed by atoms with Crippen LogP contribution < -0.4 is 5.32 Å². The molecule has 0 bridgehead atoms. The fourth-order valence-electron chi connectivity index (χ4n) is 1.64. The van der Waals surface area contributed by atoms with E-state index in [9.17, 15) is 8.42 Å². The van der Waals surface area contributed by atoms with Crippen LogP contribution in [0, 0.1) is 0 Å². The molecule has 1 rings (SSSR count). The van der Waals surface area contributed by atoms with Crippen molar-refractivity contribution < 1.29 is 18.3 Å². The summed E-state index contributed by atoms with van der Waals surface area (Å²) in [6.45, 7) is 3.93. The fourth-order valence-corrected chi connectivity index (χ4v) is 3.22. The van der Waals surface area contributed by atoms with E-state index in [1.807, 2.05) is 6.92 Å². The predicted octanol–water partition coefficient (Wildman–Crippen LogP) is -1.38. The van der Waals surface area contributed by atoms with Crippen LogP contribution in [-0.2, 0) is 14.8 Å². The molecule has 6 nitrogen and oxygen atoms in total. The zero-order chi connectivity index (χ0) is 12.0. The number of ether oxygens (including phenoxy) is 1. The summed E-state index contributed by atoms with van der Waals surface area (Å²) in [4.78, 5) is 0. The summed E-state index contributed by atoms with van der Waals surface area (Å²) in [7, 11) is -3.29. The van der Waals surface area contributed by atoms with Gasteiger partial charge in [0.15, 0.2) is 0 Å². The molecule has 0 saturated carbocycles. The molecule has 0 aromatic rings. The smallest absolute Gasteiger partial charge is 0.215 e. The third-order valence-electron chi connectivity index (χ3n) is 2.53. The quantitative estimate of drug-likeness (QED) is 0.570. The van der Waals surface area contributed by atoms with Gasteiger partial charge in [0.05, 0.1) is 31.6 Å². The Morgan fingerprint density at radius 1 is 1.56 bits per heavy atom. The Morgan fingerprint density at radius 2 is 2.31 bits per heavy atom. The second kappa shape index (κ2) is 6.51. The third-order valence-corrected chi connectivity index (χ3v) is 4.44. The Balaban J connectivity index is 2.57. The van der Waals surface area contributed by atoms with E-state index in [2.05, 4.69) is 5.32 Å². The van der Waals surface area contributed by atoms with Gasteiger partial charge in [-0.25, -0.2) is 8.42 Å². The molecule has 0 aromatic heterocycles. The Kier molecular flexibility index (Phi) is 5.63. The number of rotatable bonds is 6. The molecule has 0 aromatic carbocycles. The van der Waals surface area contributed by atoms with Crippen LogP contribution in [0.25, 0.3) is 0 Å². The highest BCUT2D eigenvalue weighted by Crippen LogP contribution is 2.12. The molecular weight excluding hydrogens is 232 g/mol. The van der Waals surface area contributed by atoms with E-state index in [-0.39, 0.29) is 19.0 Å². The minimum Gasteiger partial charge on any atom is -0.395 e. The van der Waals surface area contributed by atoms with E-state index in [0.29, 0.717) is 19.7 Å². The largest absolute Gasteiger partial charge is 0.395 e. The number of nitrogens with zero attached hydrogens (tertiary/aromatic N) is 1. The highest BCUT2D eigenvalue weighted by molar-refractivity contribution is 7.89. The number of sulfonamides is 1. The molecule has 0 spiro atoms. The standard InChI is InChI=1S/C9H20N2O4S/c1-2-10-3-6-16(13,14)11-4-5-15-8-9(11)7-12/h9-10,12H,2-8H2,1H3. The number of aliphatic hydroxyl groups is 1. The molecule has 96 valence electrons. The zero-order valence-electron chi connectivity index (χ0n) is 9.55. The number of aliphatic hydroxyl groups excluding tert-OH is 1. The van der Waals surface area contributed by atoms with Crippen molar-refractivity contribution in [1.29, 1.82) is 0 Å². The fraction of sp³-hybridized carbons (Fsp3) is 1.00. The lowest BCUT2D eigenvalue weighted by atomic mass is 10.3. The number of nitrogens with one attached hydrogen (secondary N) is 1. The van der Waals surface area contributed by atoms with Crippen LogP contribution in [-0.4, -0.2) is 69.1 Å². The van der Waals surface area contributed by atoms with Crippen molar-refractivity contribution in [2.75, 3.05) is 45.2 Å². The van der Waals surface area contributed by atoms with Crippen molar-refractivity contribution in [2.45, 2.75) is 13.0 Å². The van der Waals surface area contributed by atoms with Crippen LogP contribution in [0.5, 0.6) is 0 Å². The molecule has 0 aliphatic carbocycles. The molecule has 7 heteroatoms. The van der Waals surface area contributed by atoms with E-state index in [1.54, 1.807) is 0 Å². The average Bonchev–Trinajstić information content (AvgIpc) is 2.29. The lowest BCUT2D eigenvalue weighted by Crippen LogP contribution is -2.51. The molecule has 1 aliphatic heterocycles. The first-order chi connectivity index (χ1) is 7.61. The van der Waals surface area contributed by atoms with Gasteiger partial charge in [-0.3, -0.25) is 0 Å². The van der Waals surface area contributed by atoms with Gasteiger partial charge in [-0.05, 0) is 6.54 Å². The van der Waals surface area contributed by atoms with Gasteiger partial charge in [0, 0.05) is 13.1 Å². The first kappa shape index (κ1) is 13.9. The molecule has 1 fully saturated rings. The van der Waals surface area contributed by atoms with Gasteiger partial charge in [0.1, 0.15) is 0 Å². The molecule has 2 N–H and O–H groups in total. The van der Waals surface area contributed by atoms with Crippen molar-refractivity contribution in [3.63, 3.8) is 0 Å². The second-order valence-electron chi connectivity index (χ2n) is 3.69. The number of hydrogen-bond donors (Lipinski definition) is 2. The summed E-state index contributed by atoms with van der Waals surface area (Å²) >= 11 is 0. The van der Waals surface area contributed by atoms with Crippen LogP contribution in [0.2, 0.25) is 0 Å². The predicted molar refractivity (Wildman–Crippen MR) is 60.7 cm³/mol.